The number of hydrogen-bond donors (Lipinski definition) is 1. The van der Waals surface area contributed by atoms with Crippen LogP contribution in [-0.4, -0.2) is 41.3 Å². The van der Waals surface area contributed by atoms with Crippen LogP contribution in [0.5, 0.6) is 17.2 Å². The van der Waals surface area contributed by atoms with Crippen molar-refractivity contribution in [3.8, 4) is 17.2 Å². The van der Waals surface area contributed by atoms with Gasteiger partial charge in [-0.1, -0.05) is 6.07 Å². The molecule has 0 spiro atoms. The van der Waals surface area contributed by atoms with Gasteiger partial charge in [0.25, 0.3) is 5.91 Å². The predicted molar refractivity (Wildman–Crippen MR) is 98.0 cm³/mol. The predicted octanol–water partition coefficient (Wildman–Crippen LogP) is 2.71. The molecule has 0 aliphatic rings. The minimum Gasteiger partial charge on any atom is -0.493 e. The number of carbonyl (C=O) groups excluding carboxylic acids is 1. The van der Waals surface area contributed by atoms with Crippen molar-refractivity contribution in [2.75, 3.05) is 40.3 Å². The highest BCUT2D eigenvalue weighted by Gasteiger charge is 2.14. The largest absolute Gasteiger partial charge is 0.493 e. The second kappa shape index (κ2) is 8.28. The molecule has 0 saturated heterocycles. The summed E-state index contributed by atoms with van der Waals surface area (Å²) in [7, 11) is 8.55. The van der Waals surface area contributed by atoms with Gasteiger partial charge < -0.3 is 24.4 Å². The maximum atomic E-state index is 12.4. The lowest BCUT2D eigenvalue weighted by Gasteiger charge is -2.15. The summed E-state index contributed by atoms with van der Waals surface area (Å²) in [6.07, 6.45) is 0. The topological polar surface area (TPSA) is 60.0 Å². The van der Waals surface area contributed by atoms with Gasteiger partial charge in [-0.2, -0.15) is 0 Å². The Bertz CT molecular complexity index is 719. The molecule has 0 bridgehead atoms. The van der Waals surface area contributed by atoms with Gasteiger partial charge in [0.1, 0.15) is 0 Å². The molecular weight excluding hydrogens is 320 g/mol. The fourth-order valence-electron chi connectivity index (χ4n) is 2.45. The molecule has 1 amide bonds. The maximum Gasteiger partial charge on any atom is 0.251 e. The number of methoxy groups -OCH3 is 3. The molecular formula is C19H24N2O4. The Balaban J connectivity index is 2.15. The molecule has 0 radical (unpaired) electrons. The zero-order chi connectivity index (χ0) is 18.4. The van der Waals surface area contributed by atoms with Crippen molar-refractivity contribution in [2.45, 2.75) is 6.54 Å². The monoisotopic (exact) mass is 344 g/mol. The number of nitrogens with zero attached hydrogens (tertiary/aromatic N) is 1. The Morgan fingerprint density at radius 1 is 1.00 bits per heavy atom. The fourth-order valence-corrected chi connectivity index (χ4v) is 2.45. The Morgan fingerprint density at radius 2 is 1.64 bits per heavy atom. The van der Waals surface area contributed by atoms with Gasteiger partial charge in [0.15, 0.2) is 11.5 Å². The van der Waals surface area contributed by atoms with E-state index in [0.717, 1.165) is 11.3 Å². The van der Waals surface area contributed by atoms with Gasteiger partial charge in [0.2, 0.25) is 5.75 Å². The molecule has 0 aliphatic carbocycles. The molecule has 25 heavy (non-hydrogen) atoms. The van der Waals surface area contributed by atoms with Crippen LogP contribution < -0.4 is 24.4 Å². The Morgan fingerprint density at radius 3 is 2.16 bits per heavy atom. The lowest BCUT2D eigenvalue weighted by molar-refractivity contribution is 0.0951. The van der Waals surface area contributed by atoms with Crippen molar-refractivity contribution < 1.29 is 19.0 Å². The highest BCUT2D eigenvalue weighted by atomic mass is 16.5. The number of anilines is 1. The van der Waals surface area contributed by atoms with Gasteiger partial charge >= 0.3 is 0 Å². The second-order valence-electron chi connectivity index (χ2n) is 5.66. The van der Waals surface area contributed by atoms with E-state index in [1.54, 1.807) is 27.4 Å². The SMILES string of the molecule is COc1cc(CNC(=O)c2cccc(N(C)C)c2)cc(OC)c1OC. The van der Waals surface area contributed by atoms with Gasteiger partial charge in [-0.05, 0) is 35.9 Å². The van der Waals surface area contributed by atoms with Crippen LogP contribution in [-0.2, 0) is 6.54 Å². The van der Waals surface area contributed by atoms with Crippen LogP contribution in [0.15, 0.2) is 36.4 Å². The van der Waals surface area contributed by atoms with Gasteiger partial charge in [0, 0.05) is 31.9 Å². The van der Waals surface area contributed by atoms with E-state index in [-0.39, 0.29) is 5.91 Å². The van der Waals surface area contributed by atoms with Gasteiger partial charge in [-0.3, -0.25) is 4.79 Å². The second-order valence-corrected chi connectivity index (χ2v) is 5.66. The molecule has 0 unspecified atom stereocenters. The molecule has 0 heterocycles. The standard InChI is InChI=1S/C19H24N2O4/c1-21(2)15-8-6-7-14(11-15)19(22)20-12-13-9-16(23-3)18(25-5)17(10-13)24-4/h6-11H,12H2,1-5H3,(H,20,22). The summed E-state index contributed by atoms with van der Waals surface area (Å²) in [4.78, 5) is 14.4. The minimum absolute atomic E-state index is 0.141. The number of amides is 1. The zero-order valence-corrected chi connectivity index (χ0v) is 15.3. The van der Waals surface area contributed by atoms with Crippen molar-refractivity contribution in [3.63, 3.8) is 0 Å². The number of ether oxygens (including phenoxy) is 3. The lowest BCUT2D eigenvalue weighted by atomic mass is 10.1. The van der Waals surface area contributed by atoms with E-state index in [0.29, 0.717) is 29.4 Å². The highest BCUT2D eigenvalue weighted by molar-refractivity contribution is 5.95. The van der Waals surface area contributed by atoms with E-state index in [9.17, 15) is 4.79 Å². The molecule has 2 aromatic carbocycles. The first-order valence-corrected chi connectivity index (χ1v) is 7.84. The Labute approximate surface area is 148 Å². The number of carbonyl (C=O) groups is 1. The van der Waals surface area contributed by atoms with Crippen LogP contribution in [0.3, 0.4) is 0 Å². The third kappa shape index (κ3) is 4.35. The molecule has 0 aromatic heterocycles. The Hall–Kier alpha value is -2.89. The normalized spacial score (nSPS) is 10.1. The van der Waals surface area contributed by atoms with Crippen LogP contribution >= 0.6 is 0 Å². The average molecular weight is 344 g/mol. The summed E-state index contributed by atoms with van der Waals surface area (Å²) in [6.45, 7) is 0.349. The van der Waals surface area contributed by atoms with Crippen molar-refractivity contribution >= 4 is 11.6 Å². The summed E-state index contributed by atoms with van der Waals surface area (Å²) in [5, 5.41) is 2.91. The third-order valence-electron chi connectivity index (χ3n) is 3.80. The molecule has 0 aliphatic heterocycles. The van der Waals surface area contributed by atoms with E-state index in [1.165, 1.54) is 0 Å². The van der Waals surface area contributed by atoms with Gasteiger partial charge in [-0.15, -0.1) is 0 Å². The minimum atomic E-state index is -0.141. The molecule has 0 fully saturated rings. The fraction of sp³-hybridized carbons (Fsp3) is 0.316. The number of benzene rings is 2. The first-order chi connectivity index (χ1) is 12.0. The molecule has 2 aromatic rings. The molecule has 0 atom stereocenters. The summed E-state index contributed by atoms with van der Waals surface area (Å²) < 4.78 is 16.0. The Kier molecular flexibility index (Phi) is 6.11. The van der Waals surface area contributed by atoms with E-state index in [4.69, 9.17) is 14.2 Å². The lowest BCUT2D eigenvalue weighted by Crippen LogP contribution is -2.23. The number of hydrogen-bond acceptors (Lipinski definition) is 5. The smallest absolute Gasteiger partial charge is 0.251 e. The first-order valence-electron chi connectivity index (χ1n) is 7.84. The number of rotatable bonds is 7. The van der Waals surface area contributed by atoms with Crippen LogP contribution in [0, 0.1) is 0 Å². The van der Waals surface area contributed by atoms with Crippen molar-refractivity contribution in [1.82, 2.24) is 5.32 Å². The summed E-state index contributed by atoms with van der Waals surface area (Å²) in [5.41, 5.74) is 2.44. The van der Waals surface area contributed by atoms with Crippen LogP contribution in [0.25, 0.3) is 0 Å². The molecule has 6 heteroatoms. The third-order valence-corrected chi connectivity index (χ3v) is 3.80. The van der Waals surface area contributed by atoms with Crippen molar-refractivity contribution in [3.05, 3.63) is 47.5 Å². The van der Waals surface area contributed by atoms with E-state index in [2.05, 4.69) is 5.32 Å². The van der Waals surface area contributed by atoms with E-state index in [1.807, 2.05) is 49.3 Å². The van der Waals surface area contributed by atoms with Crippen LogP contribution in [0.1, 0.15) is 15.9 Å². The van der Waals surface area contributed by atoms with Crippen molar-refractivity contribution in [1.29, 1.82) is 0 Å². The summed E-state index contributed by atoms with van der Waals surface area (Å²) in [5.74, 6) is 1.50. The maximum absolute atomic E-state index is 12.4. The quantitative estimate of drug-likeness (QED) is 0.837. The van der Waals surface area contributed by atoms with Crippen LogP contribution in [0.4, 0.5) is 5.69 Å². The average Bonchev–Trinajstić information content (AvgIpc) is 2.64. The van der Waals surface area contributed by atoms with Crippen molar-refractivity contribution in [2.24, 2.45) is 0 Å². The summed E-state index contributed by atoms with van der Waals surface area (Å²) in [6, 6.07) is 11.1. The van der Waals surface area contributed by atoms with Crippen LogP contribution in [0.2, 0.25) is 0 Å². The van der Waals surface area contributed by atoms with E-state index >= 15 is 0 Å². The van der Waals surface area contributed by atoms with Gasteiger partial charge in [-0.25, -0.2) is 0 Å². The van der Waals surface area contributed by atoms with E-state index < -0.39 is 0 Å². The molecule has 1 N–H and O–H groups in total. The molecule has 0 saturated carbocycles. The first kappa shape index (κ1) is 18.4. The highest BCUT2D eigenvalue weighted by Crippen LogP contribution is 2.38. The molecule has 6 nitrogen and oxygen atoms in total. The molecule has 2 rings (SSSR count). The number of nitrogens with one attached hydrogen (secondary N) is 1. The molecule has 134 valence electrons. The zero-order valence-electron chi connectivity index (χ0n) is 15.3. The van der Waals surface area contributed by atoms with Gasteiger partial charge in [0.05, 0.1) is 21.3 Å². The summed E-state index contributed by atoms with van der Waals surface area (Å²) >= 11 is 0.